The number of rotatable bonds is 3. The fourth-order valence-electron chi connectivity index (χ4n) is 2.07. The summed E-state index contributed by atoms with van der Waals surface area (Å²) in [6.45, 7) is 1.91. The summed E-state index contributed by atoms with van der Waals surface area (Å²) in [4.78, 5) is 32.6. The molecule has 0 bridgehead atoms. The number of hydrogen-bond donors (Lipinski definition) is 0. The van der Waals surface area contributed by atoms with Crippen molar-refractivity contribution in [3.05, 3.63) is 5.89 Å². The maximum absolute atomic E-state index is 11.6. The molecule has 0 radical (unpaired) electrons. The molecule has 0 aromatic carbocycles. The molecule has 0 N–H and O–H groups in total. The molecule has 1 aromatic heterocycles. The zero-order valence-corrected chi connectivity index (χ0v) is 11.9. The lowest BCUT2D eigenvalue weighted by molar-refractivity contribution is -0.129. The van der Waals surface area contributed by atoms with Crippen LogP contribution in [0.1, 0.15) is 5.89 Å². The normalized spacial score (nSPS) is 20.1. The Kier molecular flexibility index (Phi) is 3.51. The summed E-state index contributed by atoms with van der Waals surface area (Å²) in [5.41, 5.74) is 0. The molecule has 0 spiro atoms. The third-order valence-electron chi connectivity index (χ3n) is 3.35. The van der Waals surface area contributed by atoms with Crippen LogP contribution < -0.4 is 4.90 Å². The van der Waals surface area contributed by atoms with Gasteiger partial charge >= 0.3 is 0 Å². The van der Waals surface area contributed by atoms with Crippen molar-refractivity contribution in [2.75, 3.05) is 43.2 Å². The fourth-order valence-corrected chi connectivity index (χ4v) is 2.98. The number of anilines is 1. The summed E-state index contributed by atoms with van der Waals surface area (Å²) in [6, 6.07) is 0. The van der Waals surface area contributed by atoms with Gasteiger partial charge in [0.05, 0.1) is 11.6 Å². The number of carbonyl (C=O) groups is 2. The summed E-state index contributed by atoms with van der Waals surface area (Å²) in [5.74, 6) is 2.11. The highest BCUT2D eigenvalue weighted by molar-refractivity contribution is 8.00. The molecule has 2 fully saturated rings. The van der Waals surface area contributed by atoms with Gasteiger partial charge in [0.2, 0.25) is 17.7 Å². The van der Waals surface area contributed by atoms with Gasteiger partial charge in [-0.1, -0.05) is 0 Å². The van der Waals surface area contributed by atoms with E-state index in [-0.39, 0.29) is 18.4 Å². The molecular weight excluding hydrogens is 282 g/mol. The van der Waals surface area contributed by atoms with E-state index in [1.807, 2.05) is 0 Å². The van der Waals surface area contributed by atoms with Crippen LogP contribution in [0.2, 0.25) is 0 Å². The molecule has 9 heteroatoms. The van der Waals surface area contributed by atoms with E-state index in [9.17, 15) is 9.59 Å². The molecule has 2 amide bonds. The van der Waals surface area contributed by atoms with Crippen molar-refractivity contribution in [1.82, 2.24) is 19.9 Å². The van der Waals surface area contributed by atoms with Crippen LogP contribution >= 0.6 is 11.8 Å². The Balaban J connectivity index is 1.64. The van der Waals surface area contributed by atoms with Crippen molar-refractivity contribution in [2.45, 2.75) is 6.54 Å². The SMILES string of the molecule is CN1CCN(c2noc(CN3CSCC3=O)n2)CC1=O. The highest BCUT2D eigenvalue weighted by atomic mass is 32.2. The number of hydrogen-bond acceptors (Lipinski definition) is 7. The Bertz CT molecular complexity index is 534. The van der Waals surface area contributed by atoms with Crippen LogP contribution in [-0.4, -0.2) is 70.1 Å². The number of carbonyl (C=O) groups excluding carboxylic acids is 2. The topological polar surface area (TPSA) is 82.8 Å². The van der Waals surface area contributed by atoms with E-state index in [1.54, 1.807) is 33.5 Å². The lowest BCUT2D eigenvalue weighted by Gasteiger charge is -2.30. The van der Waals surface area contributed by atoms with Gasteiger partial charge in [0.1, 0.15) is 13.1 Å². The molecule has 8 nitrogen and oxygen atoms in total. The van der Waals surface area contributed by atoms with Crippen molar-refractivity contribution in [1.29, 1.82) is 0 Å². The van der Waals surface area contributed by atoms with Crippen molar-refractivity contribution < 1.29 is 14.1 Å². The Hall–Kier alpha value is -1.77. The first-order chi connectivity index (χ1) is 9.63. The number of likely N-dealkylation sites (N-methyl/N-ethyl adjacent to an activating group) is 1. The van der Waals surface area contributed by atoms with Crippen LogP contribution in [-0.2, 0) is 16.1 Å². The molecule has 2 aliphatic heterocycles. The lowest BCUT2D eigenvalue weighted by Crippen LogP contribution is -2.48. The lowest BCUT2D eigenvalue weighted by atomic mass is 10.3. The molecule has 1 aromatic rings. The highest BCUT2D eigenvalue weighted by Gasteiger charge is 2.26. The maximum Gasteiger partial charge on any atom is 0.266 e. The molecule has 2 saturated heterocycles. The molecule has 0 aliphatic carbocycles. The zero-order chi connectivity index (χ0) is 14.1. The second-order valence-corrected chi connectivity index (χ2v) is 5.75. The minimum Gasteiger partial charge on any atom is -0.342 e. The molecule has 3 rings (SSSR count). The van der Waals surface area contributed by atoms with E-state index in [1.165, 1.54) is 0 Å². The van der Waals surface area contributed by atoms with Crippen LogP contribution in [0.5, 0.6) is 0 Å². The van der Waals surface area contributed by atoms with Crippen LogP contribution in [0.4, 0.5) is 5.95 Å². The summed E-state index contributed by atoms with van der Waals surface area (Å²) in [5, 5.41) is 3.89. The smallest absolute Gasteiger partial charge is 0.266 e. The molecule has 0 atom stereocenters. The van der Waals surface area contributed by atoms with E-state index in [0.717, 1.165) is 0 Å². The number of aromatic nitrogens is 2. The minimum absolute atomic E-state index is 0.0359. The van der Waals surface area contributed by atoms with Crippen molar-refractivity contribution in [2.24, 2.45) is 0 Å². The average Bonchev–Trinajstić information content (AvgIpc) is 3.04. The number of thioether (sulfide) groups is 1. The Labute approximate surface area is 120 Å². The largest absolute Gasteiger partial charge is 0.342 e. The first-order valence-corrected chi connectivity index (χ1v) is 7.46. The third kappa shape index (κ3) is 2.58. The monoisotopic (exact) mass is 297 g/mol. The average molecular weight is 297 g/mol. The fraction of sp³-hybridized carbons (Fsp3) is 0.636. The van der Waals surface area contributed by atoms with Gasteiger partial charge in [-0.05, 0) is 5.16 Å². The van der Waals surface area contributed by atoms with E-state index >= 15 is 0 Å². The third-order valence-corrected chi connectivity index (χ3v) is 4.29. The van der Waals surface area contributed by atoms with Crippen LogP contribution in [0.25, 0.3) is 0 Å². The highest BCUT2D eigenvalue weighted by Crippen LogP contribution is 2.19. The van der Waals surface area contributed by atoms with Crippen LogP contribution in [0.3, 0.4) is 0 Å². The van der Waals surface area contributed by atoms with Gasteiger partial charge in [0.25, 0.3) is 5.95 Å². The van der Waals surface area contributed by atoms with Crippen LogP contribution in [0, 0.1) is 0 Å². The second-order valence-electron chi connectivity index (χ2n) is 4.79. The standard InChI is InChI=1S/C11H15N5O3S/c1-14-2-3-15(5-9(14)17)11-12-8(19-13-11)4-16-7-20-6-10(16)18/h2-7H2,1H3. The summed E-state index contributed by atoms with van der Waals surface area (Å²) in [6.07, 6.45) is 0. The summed E-state index contributed by atoms with van der Waals surface area (Å²) in [7, 11) is 1.78. The molecule has 3 heterocycles. The van der Waals surface area contributed by atoms with Crippen molar-refractivity contribution >= 4 is 29.5 Å². The second kappa shape index (κ2) is 5.31. The van der Waals surface area contributed by atoms with Gasteiger partial charge in [-0.15, -0.1) is 11.8 Å². The predicted octanol–water partition coefficient (Wildman–Crippen LogP) is -0.619. The number of piperazine rings is 1. The van der Waals surface area contributed by atoms with Gasteiger partial charge < -0.3 is 19.2 Å². The first kappa shape index (κ1) is 13.2. The molecular formula is C11H15N5O3S. The Morgan fingerprint density at radius 1 is 1.30 bits per heavy atom. The van der Waals surface area contributed by atoms with Crippen molar-refractivity contribution in [3.8, 4) is 0 Å². The quantitative estimate of drug-likeness (QED) is 0.735. The molecule has 20 heavy (non-hydrogen) atoms. The minimum atomic E-state index is 0.0359. The summed E-state index contributed by atoms with van der Waals surface area (Å²) < 4.78 is 5.16. The molecule has 2 aliphatic rings. The molecule has 0 unspecified atom stereocenters. The van der Waals surface area contributed by atoms with E-state index in [4.69, 9.17) is 4.52 Å². The van der Waals surface area contributed by atoms with Crippen molar-refractivity contribution in [3.63, 3.8) is 0 Å². The van der Waals surface area contributed by atoms with E-state index < -0.39 is 0 Å². The van der Waals surface area contributed by atoms with E-state index in [0.29, 0.717) is 43.1 Å². The Morgan fingerprint density at radius 2 is 2.15 bits per heavy atom. The number of amides is 2. The molecule has 108 valence electrons. The Morgan fingerprint density at radius 3 is 2.85 bits per heavy atom. The first-order valence-electron chi connectivity index (χ1n) is 6.30. The van der Waals surface area contributed by atoms with Gasteiger partial charge in [-0.3, -0.25) is 9.59 Å². The van der Waals surface area contributed by atoms with Crippen LogP contribution in [0.15, 0.2) is 4.52 Å². The van der Waals surface area contributed by atoms with Gasteiger partial charge in [0.15, 0.2) is 0 Å². The van der Waals surface area contributed by atoms with Gasteiger partial charge in [-0.25, -0.2) is 0 Å². The van der Waals surface area contributed by atoms with Gasteiger partial charge in [-0.2, -0.15) is 4.98 Å². The maximum atomic E-state index is 11.6. The molecule has 0 saturated carbocycles. The zero-order valence-electron chi connectivity index (χ0n) is 11.1. The van der Waals surface area contributed by atoms with Gasteiger partial charge in [0, 0.05) is 20.1 Å². The van der Waals surface area contributed by atoms with E-state index in [2.05, 4.69) is 10.1 Å². The number of nitrogens with zero attached hydrogens (tertiary/aromatic N) is 5. The predicted molar refractivity (Wildman–Crippen MR) is 72.0 cm³/mol. The summed E-state index contributed by atoms with van der Waals surface area (Å²) >= 11 is 1.57.